The van der Waals surface area contributed by atoms with Crippen molar-refractivity contribution >= 4 is 40.8 Å². The first-order valence-corrected chi connectivity index (χ1v) is 10.0. The highest BCUT2D eigenvalue weighted by Crippen LogP contribution is 2.27. The maximum absolute atomic E-state index is 12.2. The highest BCUT2D eigenvalue weighted by Gasteiger charge is 2.15. The largest absolute Gasteiger partial charge is 0.454 e. The summed E-state index contributed by atoms with van der Waals surface area (Å²) in [6.45, 7) is -1.06. The van der Waals surface area contributed by atoms with Crippen LogP contribution in [0.15, 0.2) is 72.8 Å². The lowest BCUT2D eigenvalue weighted by atomic mass is 10.0. The Kier molecular flexibility index (Phi) is 7.72. The molecule has 0 heterocycles. The molecular formula is C23H18ClN3O6. The second kappa shape index (κ2) is 10.9. The number of nitrogens with one attached hydrogen (secondary N) is 2. The van der Waals surface area contributed by atoms with E-state index in [1.54, 1.807) is 24.3 Å². The number of nitro groups is 1. The Morgan fingerprint density at radius 2 is 1.61 bits per heavy atom. The zero-order valence-corrected chi connectivity index (χ0v) is 17.9. The highest BCUT2D eigenvalue weighted by atomic mass is 35.5. The van der Waals surface area contributed by atoms with Crippen LogP contribution in [-0.2, 0) is 14.3 Å². The van der Waals surface area contributed by atoms with Crippen LogP contribution >= 0.6 is 11.6 Å². The maximum Gasteiger partial charge on any atom is 0.325 e. The van der Waals surface area contributed by atoms with Gasteiger partial charge < -0.3 is 15.4 Å². The van der Waals surface area contributed by atoms with Gasteiger partial charge in [0.25, 0.3) is 17.5 Å². The number of esters is 1. The highest BCUT2D eigenvalue weighted by molar-refractivity contribution is 6.32. The smallest absolute Gasteiger partial charge is 0.325 e. The number of carbonyl (C=O) groups is 3. The standard InChI is InChI=1S/C23H18ClN3O6/c24-19-11-10-18(12-20(19)27(31)32)26-21(28)14-33-22(29)13-25-23(30)17-8-6-16(7-9-17)15-4-2-1-3-5-15/h1-12H,13-14H2,(H,25,30)(H,26,28). The van der Waals surface area contributed by atoms with Crippen LogP contribution in [-0.4, -0.2) is 35.9 Å². The lowest BCUT2D eigenvalue weighted by Crippen LogP contribution is -2.32. The lowest BCUT2D eigenvalue weighted by Gasteiger charge is -2.08. The van der Waals surface area contributed by atoms with Gasteiger partial charge >= 0.3 is 5.97 Å². The van der Waals surface area contributed by atoms with Crippen LogP contribution in [0.4, 0.5) is 11.4 Å². The van der Waals surface area contributed by atoms with Crippen molar-refractivity contribution in [3.8, 4) is 11.1 Å². The topological polar surface area (TPSA) is 128 Å². The third-order valence-electron chi connectivity index (χ3n) is 4.44. The van der Waals surface area contributed by atoms with Gasteiger partial charge in [-0.05, 0) is 35.4 Å². The molecule has 3 rings (SSSR count). The third kappa shape index (κ3) is 6.62. The molecule has 33 heavy (non-hydrogen) atoms. The van der Waals surface area contributed by atoms with Crippen LogP contribution in [0.25, 0.3) is 11.1 Å². The minimum Gasteiger partial charge on any atom is -0.454 e. The van der Waals surface area contributed by atoms with Gasteiger partial charge in [-0.25, -0.2) is 0 Å². The van der Waals surface area contributed by atoms with Crippen LogP contribution < -0.4 is 10.6 Å². The summed E-state index contributed by atoms with van der Waals surface area (Å²) in [7, 11) is 0. The summed E-state index contributed by atoms with van der Waals surface area (Å²) < 4.78 is 4.82. The molecule has 0 radical (unpaired) electrons. The van der Waals surface area contributed by atoms with Crippen molar-refractivity contribution in [2.45, 2.75) is 0 Å². The molecule has 0 atom stereocenters. The molecule has 0 saturated heterocycles. The molecule has 10 heteroatoms. The first-order chi connectivity index (χ1) is 15.8. The fraction of sp³-hybridized carbons (Fsp3) is 0.0870. The van der Waals surface area contributed by atoms with E-state index >= 15 is 0 Å². The van der Waals surface area contributed by atoms with Crippen molar-refractivity contribution in [2.24, 2.45) is 0 Å². The van der Waals surface area contributed by atoms with Gasteiger partial charge in [-0.1, -0.05) is 54.1 Å². The third-order valence-corrected chi connectivity index (χ3v) is 4.76. The van der Waals surface area contributed by atoms with Crippen LogP contribution in [0.1, 0.15) is 10.4 Å². The molecule has 0 bridgehead atoms. The van der Waals surface area contributed by atoms with Crippen LogP contribution in [0, 0.1) is 10.1 Å². The van der Waals surface area contributed by atoms with E-state index in [1.807, 2.05) is 30.3 Å². The summed E-state index contributed by atoms with van der Waals surface area (Å²) in [4.78, 5) is 46.2. The van der Waals surface area contributed by atoms with E-state index in [0.717, 1.165) is 17.2 Å². The minimum atomic E-state index is -0.818. The van der Waals surface area contributed by atoms with E-state index in [0.29, 0.717) is 5.56 Å². The molecule has 0 aliphatic rings. The Hall–Kier alpha value is -4.24. The maximum atomic E-state index is 12.2. The number of ether oxygens (including phenoxy) is 1. The summed E-state index contributed by atoms with van der Waals surface area (Å²) in [5, 5.41) is 15.6. The van der Waals surface area contributed by atoms with Crippen molar-refractivity contribution in [3.05, 3.63) is 93.5 Å². The number of hydrogen-bond acceptors (Lipinski definition) is 6. The monoisotopic (exact) mass is 467 g/mol. The van der Waals surface area contributed by atoms with Crippen LogP contribution in [0.2, 0.25) is 5.02 Å². The molecule has 0 saturated carbocycles. The van der Waals surface area contributed by atoms with Crippen molar-refractivity contribution in [3.63, 3.8) is 0 Å². The molecule has 168 valence electrons. The molecule has 0 aromatic heterocycles. The fourth-order valence-electron chi connectivity index (χ4n) is 2.82. The van der Waals surface area contributed by atoms with Gasteiger partial charge in [-0.3, -0.25) is 24.5 Å². The molecule has 3 aromatic rings. The van der Waals surface area contributed by atoms with Crippen molar-refractivity contribution < 1.29 is 24.0 Å². The lowest BCUT2D eigenvalue weighted by molar-refractivity contribution is -0.384. The molecule has 0 aliphatic heterocycles. The Morgan fingerprint density at radius 3 is 2.27 bits per heavy atom. The SMILES string of the molecule is O=C(COC(=O)CNC(=O)c1ccc(-c2ccccc2)cc1)Nc1ccc(Cl)c([N+](=O)[O-])c1. The van der Waals surface area contributed by atoms with Crippen molar-refractivity contribution in [1.29, 1.82) is 0 Å². The molecule has 0 aliphatic carbocycles. The fourth-order valence-corrected chi connectivity index (χ4v) is 3.01. The average Bonchev–Trinajstić information content (AvgIpc) is 2.83. The number of benzene rings is 3. The average molecular weight is 468 g/mol. The van der Waals surface area contributed by atoms with E-state index in [9.17, 15) is 24.5 Å². The van der Waals surface area contributed by atoms with E-state index in [2.05, 4.69) is 10.6 Å². The number of anilines is 1. The number of nitrogens with zero attached hydrogens (tertiary/aromatic N) is 1. The Bertz CT molecular complexity index is 1180. The molecule has 9 nitrogen and oxygen atoms in total. The Morgan fingerprint density at radius 1 is 0.939 bits per heavy atom. The zero-order valence-electron chi connectivity index (χ0n) is 17.1. The number of hydrogen-bond donors (Lipinski definition) is 2. The normalized spacial score (nSPS) is 10.2. The quantitative estimate of drug-likeness (QED) is 0.294. The van der Waals surface area contributed by atoms with Gasteiger partial charge in [0.05, 0.1) is 4.92 Å². The molecule has 0 fully saturated rings. The minimum absolute atomic E-state index is 0.0742. The molecule has 2 amide bonds. The van der Waals surface area contributed by atoms with E-state index in [1.165, 1.54) is 12.1 Å². The first-order valence-electron chi connectivity index (χ1n) is 9.66. The van der Waals surface area contributed by atoms with Gasteiger partial charge in [-0.2, -0.15) is 0 Å². The Labute approximate surface area is 193 Å². The summed E-state index contributed by atoms with van der Waals surface area (Å²) in [6.07, 6.45) is 0. The number of halogens is 1. The summed E-state index contributed by atoms with van der Waals surface area (Å²) >= 11 is 5.71. The van der Waals surface area contributed by atoms with E-state index in [4.69, 9.17) is 16.3 Å². The van der Waals surface area contributed by atoms with Crippen molar-refractivity contribution in [2.75, 3.05) is 18.5 Å². The zero-order chi connectivity index (χ0) is 23.8. The summed E-state index contributed by atoms with van der Waals surface area (Å²) in [5.41, 5.74) is 2.08. The number of rotatable bonds is 8. The number of amides is 2. The molecule has 2 N–H and O–H groups in total. The molecule has 3 aromatic carbocycles. The number of carbonyl (C=O) groups excluding carboxylic acids is 3. The van der Waals surface area contributed by atoms with E-state index < -0.39 is 35.9 Å². The first kappa shape index (κ1) is 23.4. The predicted octanol–water partition coefficient (Wildman–Crippen LogP) is 3.83. The predicted molar refractivity (Wildman–Crippen MR) is 122 cm³/mol. The molecule has 0 spiro atoms. The number of nitro benzene ring substituents is 1. The second-order valence-electron chi connectivity index (χ2n) is 6.76. The van der Waals surface area contributed by atoms with Gasteiger partial charge in [0, 0.05) is 17.3 Å². The van der Waals surface area contributed by atoms with Gasteiger partial charge in [0.2, 0.25) is 0 Å². The molecular weight excluding hydrogens is 450 g/mol. The summed E-state index contributed by atoms with van der Waals surface area (Å²) in [5.74, 6) is -1.99. The van der Waals surface area contributed by atoms with Crippen LogP contribution in [0.5, 0.6) is 0 Å². The van der Waals surface area contributed by atoms with Crippen LogP contribution in [0.3, 0.4) is 0 Å². The molecule has 0 unspecified atom stereocenters. The van der Waals surface area contributed by atoms with Crippen molar-refractivity contribution in [1.82, 2.24) is 5.32 Å². The van der Waals surface area contributed by atoms with Gasteiger partial charge in [0.1, 0.15) is 11.6 Å². The van der Waals surface area contributed by atoms with Gasteiger partial charge in [0.15, 0.2) is 6.61 Å². The van der Waals surface area contributed by atoms with Gasteiger partial charge in [-0.15, -0.1) is 0 Å². The summed E-state index contributed by atoms with van der Waals surface area (Å²) in [6, 6.07) is 20.3. The Balaban J connectivity index is 1.44. The van der Waals surface area contributed by atoms with E-state index in [-0.39, 0.29) is 16.4 Å². The second-order valence-corrected chi connectivity index (χ2v) is 7.17.